The lowest BCUT2D eigenvalue weighted by Crippen LogP contribution is -2.16. The molecule has 0 radical (unpaired) electrons. The van der Waals surface area contributed by atoms with Crippen molar-refractivity contribution < 1.29 is 0 Å². The van der Waals surface area contributed by atoms with Crippen LogP contribution < -0.4 is 4.90 Å². The van der Waals surface area contributed by atoms with Crippen LogP contribution in [0.25, 0.3) is 11.1 Å². The summed E-state index contributed by atoms with van der Waals surface area (Å²) in [5.74, 6) is 0. The van der Waals surface area contributed by atoms with Crippen LogP contribution in [0.3, 0.4) is 0 Å². The van der Waals surface area contributed by atoms with E-state index in [4.69, 9.17) is 0 Å². The van der Waals surface area contributed by atoms with E-state index in [-0.39, 0.29) is 5.41 Å². The molecule has 0 N–H and O–H groups in total. The Labute approximate surface area is 175 Å². The van der Waals surface area contributed by atoms with Crippen molar-refractivity contribution in [3.8, 4) is 11.1 Å². The van der Waals surface area contributed by atoms with Crippen molar-refractivity contribution in [2.45, 2.75) is 32.6 Å². The van der Waals surface area contributed by atoms with Crippen LogP contribution >= 0.6 is 0 Å². The molecule has 1 nitrogen and oxygen atoms in total. The highest BCUT2D eigenvalue weighted by molar-refractivity contribution is 5.70. The van der Waals surface area contributed by atoms with Crippen molar-refractivity contribution in [2.75, 3.05) is 11.9 Å². The van der Waals surface area contributed by atoms with Gasteiger partial charge in [0.2, 0.25) is 0 Å². The van der Waals surface area contributed by atoms with E-state index < -0.39 is 0 Å². The van der Waals surface area contributed by atoms with Crippen LogP contribution in [0.1, 0.15) is 31.9 Å². The highest BCUT2D eigenvalue weighted by Crippen LogP contribution is 2.44. The molecule has 0 heterocycles. The topological polar surface area (TPSA) is 3.24 Å². The molecule has 1 aliphatic rings. The van der Waals surface area contributed by atoms with E-state index in [1.54, 1.807) is 0 Å². The van der Waals surface area contributed by atoms with Gasteiger partial charge in [-0.1, -0.05) is 86.2 Å². The summed E-state index contributed by atoms with van der Waals surface area (Å²) >= 11 is 0. The van der Waals surface area contributed by atoms with E-state index in [9.17, 15) is 0 Å². The van der Waals surface area contributed by atoms with Gasteiger partial charge in [-0.15, -0.1) is 0 Å². The molecule has 4 rings (SSSR count). The number of hydrogen-bond acceptors (Lipinski definition) is 1. The molecule has 146 valence electrons. The smallest absolute Gasteiger partial charge is 0.0411 e. The Morgan fingerprint density at radius 1 is 0.828 bits per heavy atom. The van der Waals surface area contributed by atoms with Crippen LogP contribution in [-0.2, 0) is 11.8 Å². The minimum absolute atomic E-state index is 0.0723. The van der Waals surface area contributed by atoms with Crippen LogP contribution in [0.15, 0.2) is 96.6 Å². The van der Waals surface area contributed by atoms with Crippen molar-refractivity contribution in [1.82, 2.24) is 0 Å². The van der Waals surface area contributed by atoms with Gasteiger partial charge in [0.25, 0.3) is 0 Å². The van der Waals surface area contributed by atoms with E-state index in [2.05, 4.69) is 124 Å². The molecule has 1 aliphatic carbocycles. The van der Waals surface area contributed by atoms with Gasteiger partial charge in [-0.2, -0.15) is 0 Å². The Balaban J connectivity index is 1.62. The summed E-state index contributed by atoms with van der Waals surface area (Å²) in [6.45, 7) is 6.75. The van der Waals surface area contributed by atoms with Gasteiger partial charge < -0.3 is 4.90 Å². The first-order valence-electron chi connectivity index (χ1n) is 10.4. The maximum Gasteiger partial charge on any atom is 0.0411 e. The molecule has 0 atom stereocenters. The van der Waals surface area contributed by atoms with Crippen LogP contribution in [0, 0.1) is 0 Å². The van der Waals surface area contributed by atoms with E-state index in [0.717, 1.165) is 6.42 Å². The molecule has 1 heteroatoms. The Hall–Kier alpha value is -3.06. The van der Waals surface area contributed by atoms with Gasteiger partial charge in [-0.05, 0) is 59.9 Å². The fourth-order valence-corrected chi connectivity index (χ4v) is 4.24. The molecule has 0 fully saturated rings. The van der Waals surface area contributed by atoms with Gasteiger partial charge in [0.1, 0.15) is 0 Å². The van der Waals surface area contributed by atoms with Crippen molar-refractivity contribution in [3.05, 3.63) is 108 Å². The first-order valence-corrected chi connectivity index (χ1v) is 10.4. The average Bonchev–Trinajstić information content (AvgIpc) is 3.02. The normalized spacial score (nSPS) is 16.3. The first-order chi connectivity index (χ1) is 14.0. The monoisotopic (exact) mass is 379 g/mol. The van der Waals surface area contributed by atoms with Crippen LogP contribution in [0.5, 0.6) is 0 Å². The fraction of sp³-hybridized carbons (Fsp3) is 0.214. The first kappa shape index (κ1) is 19.3. The number of rotatable bonds is 4. The molecule has 0 saturated heterocycles. The molecule has 29 heavy (non-hydrogen) atoms. The standard InChI is InChI=1S/C28H29N/c1-5-6-12-24-19-23-15-18-26(20-27(23)28(24,2)3)29(4)25-16-13-22(14-17-25)21-10-8-7-9-11-21/h5-18,20H,19H2,1-4H3/b6-5-,24-12+. The summed E-state index contributed by atoms with van der Waals surface area (Å²) in [5, 5.41) is 0. The molecule has 3 aromatic carbocycles. The number of allylic oxidation sites excluding steroid dienone is 4. The number of fused-ring (bicyclic) bond motifs is 1. The molecule has 0 aliphatic heterocycles. The van der Waals surface area contributed by atoms with Gasteiger partial charge in [-0.25, -0.2) is 0 Å². The lowest BCUT2D eigenvalue weighted by atomic mass is 9.82. The predicted octanol–water partition coefficient (Wildman–Crippen LogP) is 7.46. The maximum atomic E-state index is 2.37. The second kappa shape index (κ2) is 7.75. The van der Waals surface area contributed by atoms with Crippen LogP contribution in [0.4, 0.5) is 11.4 Å². The zero-order valence-corrected chi connectivity index (χ0v) is 17.8. The van der Waals surface area contributed by atoms with Gasteiger partial charge in [-0.3, -0.25) is 0 Å². The molecule has 0 bridgehead atoms. The highest BCUT2D eigenvalue weighted by Gasteiger charge is 2.34. The molecule has 0 amide bonds. The second-order valence-corrected chi connectivity index (χ2v) is 8.33. The van der Waals surface area contributed by atoms with Crippen molar-refractivity contribution in [1.29, 1.82) is 0 Å². The minimum atomic E-state index is 0.0723. The summed E-state index contributed by atoms with van der Waals surface area (Å²) in [7, 11) is 2.15. The summed E-state index contributed by atoms with van der Waals surface area (Å²) in [6.07, 6.45) is 7.59. The lowest BCUT2D eigenvalue weighted by Gasteiger charge is -2.25. The highest BCUT2D eigenvalue weighted by atomic mass is 15.1. The predicted molar refractivity (Wildman–Crippen MR) is 126 cm³/mol. The molecule has 0 aromatic heterocycles. The summed E-state index contributed by atoms with van der Waals surface area (Å²) in [6, 6.07) is 26.3. The number of anilines is 2. The largest absolute Gasteiger partial charge is 0.345 e. The minimum Gasteiger partial charge on any atom is -0.345 e. The molecule has 0 unspecified atom stereocenters. The molecular formula is C28H29N. The third-order valence-electron chi connectivity index (χ3n) is 6.19. The third kappa shape index (κ3) is 3.65. The molecular weight excluding hydrogens is 350 g/mol. The molecule has 0 saturated carbocycles. The third-order valence-corrected chi connectivity index (χ3v) is 6.19. The van der Waals surface area contributed by atoms with Gasteiger partial charge in [0.15, 0.2) is 0 Å². The Bertz CT molecular complexity index is 1050. The Morgan fingerprint density at radius 3 is 2.17 bits per heavy atom. The van der Waals surface area contributed by atoms with E-state index in [1.165, 1.54) is 39.2 Å². The zero-order valence-electron chi connectivity index (χ0n) is 17.8. The summed E-state index contributed by atoms with van der Waals surface area (Å²) in [5.41, 5.74) is 9.38. The zero-order chi connectivity index (χ0) is 20.4. The van der Waals surface area contributed by atoms with Crippen molar-refractivity contribution >= 4 is 11.4 Å². The Kier molecular flexibility index (Phi) is 5.15. The number of hydrogen-bond donors (Lipinski definition) is 0. The number of benzene rings is 3. The second-order valence-electron chi connectivity index (χ2n) is 8.33. The van der Waals surface area contributed by atoms with E-state index >= 15 is 0 Å². The van der Waals surface area contributed by atoms with Gasteiger partial charge in [0.05, 0.1) is 0 Å². The average molecular weight is 380 g/mol. The maximum absolute atomic E-state index is 2.37. The lowest BCUT2D eigenvalue weighted by molar-refractivity contribution is 0.644. The van der Waals surface area contributed by atoms with E-state index in [1.807, 2.05) is 0 Å². The quantitative estimate of drug-likeness (QED) is 0.455. The van der Waals surface area contributed by atoms with Gasteiger partial charge >= 0.3 is 0 Å². The molecule has 0 spiro atoms. The van der Waals surface area contributed by atoms with Crippen molar-refractivity contribution in [2.24, 2.45) is 0 Å². The SMILES string of the molecule is C/C=C\C=C1/Cc2ccc(N(C)c3ccc(-c4ccccc4)cc3)cc2C1(C)C. The molecule has 3 aromatic rings. The fourth-order valence-electron chi connectivity index (χ4n) is 4.24. The number of nitrogens with zero attached hydrogens (tertiary/aromatic N) is 1. The van der Waals surface area contributed by atoms with E-state index in [0.29, 0.717) is 0 Å². The van der Waals surface area contributed by atoms with Gasteiger partial charge in [0, 0.05) is 23.8 Å². The van der Waals surface area contributed by atoms with Crippen LogP contribution in [0.2, 0.25) is 0 Å². The van der Waals surface area contributed by atoms with Crippen molar-refractivity contribution in [3.63, 3.8) is 0 Å². The summed E-state index contributed by atoms with van der Waals surface area (Å²) < 4.78 is 0. The summed E-state index contributed by atoms with van der Waals surface area (Å²) in [4.78, 5) is 2.28. The Morgan fingerprint density at radius 2 is 1.48 bits per heavy atom. The van der Waals surface area contributed by atoms with Crippen LogP contribution in [-0.4, -0.2) is 7.05 Å².